The van der Waals surface area contributed by atoms with Gasteiger partial charge in [0, 0.05) is 23.3 Å². The minimum Gasteiger partial charge on any atom is -0.496 e. The molecule has 2 aromatic carbocycles. The van der Waals surface area contributed by atoms with Crippen LogP contribution in [0.3, 0.4) is 0 Å². The third-order valence-corrected chi connectivity index (χ3v) is 3.54. The summed E-state index contributed by atoms with van der Waals surface area (Å²) in [6, 6.07) is 11.7. The zero-order valence-electron chi connectivity index (χ0n) is 13.6. The molecular weight excluding hydrogens is 362 g/mol. The molecule has 2 rings (SSSR count). The van der Waals surface area contributed by atoms with Crippen molar-refractivity contribution >= 4 is 52.1 Å². The van der Waals surface area contributed by atoms with E-state index in [0.717, 1.165) is 0 Å². The van der Waals surface area contributed by atoms with Gasteiger partial charge in [0.15, 0.2) is 5.11 Å². The van der Waals surface area contributed by atoms with Crippen LogP contribution in [0.5, 0.6) is 5.75 Å². The SMILES string of the molecule is COc1ccc(Cl)cc1C(=O)Nc1ccc(NC(=S)NC(C)=O)cc1. The summed E-state index contributed by atoms with van der Waals surface area (Å²) in [6.45, 7) is 1.37. The molecule has 130 valence electrons. The van der Waals surface area contributed by atoms with Crippen molar-refractivity contribution in [2.24, 2.45) is 0 Å². The molecule has 0 radical (unpaired) electrons. The first-order valence-electron chi connectivity index (χ1n) is 7.22. The van der Waals surface area contributed by atoms with Gasteiger partial charge in [-0.2, -0.15) is 0 Å². The maximum absolute atomic E-state index is 12.4. The molecule has 0 saturated carbocycles. The van der Waals surface area contributed by atoms with E-state index in [-0.39, 0.29) is 16.9 Å². The van der Waals surface area contributed by atoms with Gasteiger partial charge in [-0.1, -0.05) is 11.6 Å². The fourth-order valence-corrected chi connectivity index (χ4v) is 2.45. The van der Waals surface area contributed by atoms with E-state index in [9.17, 15) is 9.59 Å². The van der Waals surface area contributed by atoms with E-state index in [1.807, 2.05) is 0 Å². The molecule has 0 unspecified atom stereocenters. The molecule has 0 heterocycles. The fraction of sp³-hybridized carbons (Fsp3) is 0.118. The molecule has 0 aliphatic carbocycles. The minimum atomic E-state index is -0.339. The number of carbonyl (C=O) groups excluding carboxylic acids is 2. The van der Waals surface area contributed by atoms with Crippen molar-refractivity contribution < 1.29 is 14.3 Å². The third-order valence-electron chi connectivity index (χ3n) is 3.10. The van der Waals surface area contributed by atoms with Gasteiger partial charge in [0.05, 0.1) is 12.7 Å². The summed E-state index contributed by atoms with van der Waals surface area (Å²) >= 11 is 10.9. The van der Waals surface area contributed by atoms with Crippen LogP contribution in [-0.4, -0.2) is 24.0 Å². The first-order valence-corrected chi connectivity index (χ1v) is 8.01. The van der Waals surface area contributed by atoms with Crippen molar-refractivity contribution in [1.29, 1.82) is 0 Å². The van der Waals surface area contributed by atoms with Crippen molar-refractivity contribution in [2.75, 3.05) is 17.7 Å². The fourth-order valence-electron chi connectivity index (χ4n) is 2.02. The van der Waals surface area contributed by atoms with Crippen LogP contribution in [0.25, 0.3) is 0 Å². The molecule has 0 aliphatic rings. The van der Waals surface area contributed by atoms with Crippen molar-refractivity contribution in [3.63, 3.8) is 0 Å². The largest absolute Gasteiger partial charge is 0.496 e. The first kappa shape index (κ1) is 18.7. The van der Waals surface area contributed by atoms with Gasteiger partial charge < -0.3 is 20.7 Å². The molecule has 0 aliphatic heterocycles. The van der Waals surface area contributed by atoms with Crippen LogP contribution in [0.2, 0.25) is 5.02 Å². The maximum atomic E-state index is 12.4. The highest BCUT2D eigenvalue weighted by Gasteiger charge is 2.13. The van der Waals surface area contributed by atoms with Crippen molar-refractivity contribution in [3.8, 4) is 5.75 Å². The van der Waals surface area contributed by atoms with Gasteiger partial charge in [0.25, 0.3) is 5.91 Å². The minimum absolute atomic E-state index is 0.202. The highest BCUT2D eigenvalue weighted by atomic mass is 35.5. The monoisotopic (exact) mass is 377 g/mol. The average Bonchev–Trinajstić information content (AvgIpc) is 2.55. The number of ether oxygens (including phenoxy) is 1. The number of methoxy groups -OCH3 is 1. The number of thiocarbonyl (C=S) groups is 1. The Balaban J connectivity index is 2.06. The standard InChI is InChI=1S/C17H16ClN3O3S/c1-10(22)19-17(25)21-13-6-4-12(5-7-13)20-16(23)14-9-11(18)3-8-15(14)24-2/h3-9H,1-2H3,(H,20,23)(H2,19,21,22,25). The first-order chi connectivity index (χ1) is 11.9. The van der Waals surface area contributed by atoms with Gasteiger partial charge >= 0.3 is 0 Å². The van der Waals surface area contributed by atoms with E-state index in [2.05, 4.69) is 16.0 Å². The topological polar surface area (TPSA) is 79.5 Å². The Hall–Kier alpha value is -2.64. The molecule has 2 aromatic rings. The Kier molecular flexibility index (Phi) is 6.32. The summed E-state index contributed by atoms with van der Waals surface area (Å²) in [6.07, 6.45) is 0. The lowest BCUT2D eigenvalue weighted by Crippen LogP contribution is -2.32. The quantitative estimate of drug-likeness (QED) is 0.711. The number of nitrogens with one attached hydrogen (secondary N) is 3. The number of carbonyl (C=O) groups is 2. The number of anilines is 2. The van der Waals surface area contributed by atoms with Crippen LogP contribution >= 0.6 is 23.8 Å². The zero-order valence-corrected chi connectivity index (χ0v) is 15.1. The molecule has 6 nitrogen and oxygen atoms in total. The van der Waals surface area contributed by atoms with Crippen molar-refractivity contribution in [1.82, 2.24) is 5.32 Å². The lowest BCUT2D eigenvalue weighted by molar-refractivity contribution is -0.117. The lowest BCUT2D eigenvalue weighted by atomic mass is 10.1. The Morgan fingerprint density at radius 3 is 2.20 bits per heavy atom. The van der Waals surface area contributed by atoms with Crippen LogP contribution in [0, 0.1) is 0 Å². The summed E-state index contributed by atoms with van der Waals surface area (Å²) in [5.41, 5.74) is 1.60. The zero-order chi connectivity index (χ0) is 18.4. The molecular formula is C17H16ClN3O3S. The van der Waals surface area contributed by atoms with E-state index in [4.69, 9.17) is 28.6 Å². The Bertz CT molecular complexity index is 809. The number of hydrogen-bond donors (Lipinski definition) is 3. The molecule has 25 heavy (non-hydrogen) atoms. The molecule has 0 atom stereocenters. The van der Waals surface area contributed by atoms with E-state index in [1.165, 1.54) is 20.1 Å². The average molecular weight is 378 g/mol. The van der Waals surface area contributed by atoms with Crippen LogP contribution in [-0.2, 0) is 4.79 Å². The lowest BCUT2D eigenvalue weighted by Gasteiger charge is -2.11. The van der Waals surface area contributed by atoms with Gasteiger partial charge in [0.2, 0.25) is 5.91 Å². The second kappa shape index (κ2) is 8.46. The van der Waals surface area contributed by atoms with Gasteiger partial charge in [-0.3, -0.25) is 9.59 Å². The predicted molar refractivity (Wildman–Crippen MR) is 102 cm³/mol. The molecule has 0 bridgehead atoms. The van der Waals surface area contributed by atoms with E-state index >= 15 is 0 Å². The smallest absolute Gasteiger partial charge is 0.259 e. The number of amides is 2. The summed E-state index contributed by atoms with van der Waals surface area (Å²) < 4.78 is 5.18. The Labute approximate surface area is 155 Å². The summed E-state index contributed by atoms with van der Waals surface area (Å²) in [4.78, 5) is 23.3. The van der Waals surface area contributed by atoms with Crippen LogP contribution in [0.1, 0.15) is 17.3 Å². The summed E-state index contributed by atoms with van der Waals surface area (Å²) in [7, 11) is 1.48. The third kappa shape index (κ3) is 5.44. The Morgan fingerprint density at radius 1 is 1.04 bits per heavy atom. The molecule has 0 fully saturated rings. The second-order valence-electron chi connectivity index (χ2n) is 5.01. The molecule has 2 amide bonds. The van der Waals surface area contributed by atoms with Crippen LogP contribution in [0.4, 0.5) is 11.4 Å². The molecule has 0 spiro atoms. The van der Waals surface area contributed by atoms with E-state index in [0.29, 0.717) is 27.7 Å². The summed E-state index contributed by atoms with van der Waals surface area (Å²) in [5.74, 6) is -0.161. The van der Waals surface area contributed by atoms with Crippen LogP contribution in [0.15, 0.2) is 42.5 Å². The number of benzene rings is 2. The molecule has 3 N–H and O–H groups in total. The van der Waals surface area contributed by atoms with Gasteiger partial charge in [0.1, 0.15) is 5.75 Å². The van der Waals surface area contributed by atoms with Gasteiger partial charge in [-0.05, 0) is 54.7 Å². The van der Waals surface area contributed by atoms with Gasteiger partial charge in [-0.25, -0.2) is 0 Å². The summed E-state index contributed by atoms with van der Waals surface area (Å²) in [5, 5.41) is 8.73. The number of halogens is 1. The van der Waals surface area contributed by atoms with Crippen molar-refractivity contribution in [2.45, 2.75) is 6.92 Å². The predicted octanol–water partition coefficient (Wildman–Crippen LogP) is 3.43. The van der Waals surface area contributed by atoms with Crippen molar-refractivity contribution in [3.05, 3.63) is 53.1 Å². The second-order valence-corrected chi connectivity index (χ2v) is 5.86. The Morgan fingerprint density at radius 2 is 1.64 bits per heavy atom. The highest BCUT2D eigenvalue weighted by Crippen LogP contribution is 2.24. The molecule has 0 aromatic heterocycles. The van der Waals surface area contributed by atoms with E-state index < -0.39 is 0 Å². The maximum Gasteiger partial charge on any atom is 0.259 e. The van der Waals surface area contributed by atoms with Gasteiger partial charge in [-0.15, -0.1) is 0 Å². The number of rotatable bonds is 4. The van der Waals surface area contributed by atoms with E-state index in [1.54, 1.807) is 36.4 Å². The van der Waals surface area contributed by atoms with Crippen LogP contribution < -0.4 is 20.7 Å². The highest BCUT2D eigenvalue weighted by molar-refractivity contribution is 7.80. The molecule has 8 heteroatoms. The molecule has 0 saturated heterocycles. The normalized spacial score (nSPS) is 9.88. The number of hydrogen-bond acceptors (Lipinski definition) is 4.